The second kappa shape index (κ2) is 5.78. The van der Waals surface area contributed by atoms with E-state index in [4.69, 9.17) is 5.11 Å². The van der Waals surface area contributed by atoms with Crippen molar-refractivity contribution in [1.82, 2.24) is 0 Å². The lowest BCUT2D eigenvalue weighted by Crippen LogP contribution is -2.02. The van der Waals surface area contributed by atoms with Gasteiger partial charge in [-0.15, -0.1) is 0 Å². The molecule has 14 heavy (non-hydrogen) atoms. The van der Waals surface area contributed by atoms with Crippen LogP contribution in [0.25, 0.3) is 0 Å². The summed E-state index contributed by atoms with van der Waals surface area (Å²) in [6, 6.07) is 7.80. The van der Waals surface area contributed by atoms with Crippen molar-refractivity contribution in [2.45, 2.75) is 32.3 Å². The molecular formula is C12H18O2. The van der Waals surface area contributed by atoms with Crippen molar-refractivity contribution < 1.29 is 10.2 Å². The summed E-state index contributed by atoms with van der Waals surface area (Å²) >= 11 is 0. The highest BCUT2D eigenvalue weighted by atomic mass is 16.3. The number of aliphatic hydroxyl groups is 2. The van der Waals surface area contributed by atoms with Gasteiger partial charge in [0.15, 0.2) is 0 Å². The summed E-state index contributed by atoms with van der Waals surface area (Å²) in [6.45, 7) is 1.96. The summed E-state index contributed by atoms with van der Waals surface area (Å²) in [6.07, 6.45) is 2.74. The van der Waals surface area contributed by atoms with Gasteiger partial charge in [0.25, 0.3) is 0 Å². The minimum Gasteiger partial charge on any atom is -0.393 e. The lowest BCUT2D eigenvalue weighted by Gasteiger charge is -2.08. The molecule has 0 heterocycles. The molecule has 1 unspecified atom stereocenters. The Balaban J connectivity index is 2.59. The monoisotopic (exact) mass is 194 g/mol. The highest BCUT2D eigenvalue weighted by Gasteiger charge is 2.04. The first-order chi connectivity index (χ1) is 6.77. The molecular weight excluding hydrogens is 176 g/mol. The van der Waals surface area contributed by atoms with Gasteiger partial charge in [-0.05, 0) is 24.0 Å². The van der Waals surface area contributed by atoms with E-state index in [-0.39, 0.29) is 6.61 Å². The van der Waals surface area contributed by atoms with Crippen LogP contribution in [-0.2, 0) is 6.42 Å². The van der Waals surface area contributed by atoms with E-state index in [2.05, 4.69) is 6.92 Å². The van der Waals surface area contributed by atoms with Crippen molar-refractivity contribution in [3.63, 3.8) is 0 Å². The molecule has 2 heteroatoms. The molecule has 1 atom stereocenters. The van der Waals surface area contributed by atoms with Crippen molar-refractivity contribution in [3.8, 4) is 0 Å². The van der Waals surface area contributed by atoms with E-state index >= 15 is 0 Å². The summed E-state index contributed by atoms with van der Waals surface area (Å²) in [7, 11) is 0. The minimum atomic E-state index is -0.741. The standard InChI is InChI=1S/C12H18O2/c1-2-3-4-10-5-7-11(8-6-10)12(14)9-13/h5-8,12-14H,2-4,9H2,1H3. The molecule has 0 fully saturated rings. The van der Waals surface area contributed by atoms with Gasteiger partial charge in [0.2, 0.25) is 0 Å². The number of unbranched alkanes of at least 4 members (excludes halogenated alkanes) is 1. The van der Waals surface area contributed by atoms with Crippen LogP contribution in [-0.4, -0.2) is 16.8 Å². The Labute approximate surface area is 85.2 Å². The van der Waals surface area contributed by atoms with Gasteiger partial charge in [0.05, 0.1) is 6.61 Å². The van der Waals surface area contributed by atoms with Crippen LogP contribution in [0.2, 0.25) is 0 Å². The summed E-state index contributed by atoms with van der Waals surface area (Å²) in [5.41, 5.74) is 2.08. The number of aliphatic hydroxyl groups excluding tert-OH is 2. The van der Waals surface area contributed by atoms with Crippen molar-refractivity contribution in [1.29, 1.82) is 0 Å². The van der Waals surface area contributed by atoms with E-state index in [1.165, 1.54) is 18.4 Å². The molecule has 78 valence electrons. The van der Waals surface area contributed by atoms with Crippen molar-refractivity contribution in [3.05, 3.63) is 35.4 Å². The van der Waals surface area contributed by atoms with E-state index in [0.717, 1.165) is 12.0 Å². The Bertz CT molecular complexity index is 254. The Morgan fingerprint density at radius 2 is 1.86 bits per heavy atom. The normalized spacial score (nSPS) is 12.8. The average molecular weight is 194 g/mol. The molecule has 0 aliphatic heterocycles. The third kappa shape index (κ3) is 3.13. The third-order valence-electron chi connectivity index (χ3n) is 2.36. The molecule has 1 aromatic rings. The van der Waals surface area contributed by atoms with Crippen LogP contribution < -0.4 is 0 Å². The van der Waals surface area contributed by atoms with E-state index in [9.17, 15) is 5.11 Å². The van der Waals surface area contributed by atoms with Crippen LogP contribution in [0.5, 0.6) is 0 Å². The Hall–Kier alpha value is -0.860. The van der Waals surface area contributed by atoms with E-state index in [1.54, 1.807) is 0 Å². The molecule has 0 spiro atoms. The maximum Gasteiger partial charge on any atom is 0.102 e. The van der Waals surface area contributed by atoms with E-state index in [1.807, 2.05) is 24.3 Å². The lowest BCUT2D eigenvalue weighted by atomic mass is 10.0. The van der Waals surface area contributed by atoms with Gasteiger partial charge in [-0.25, -0.2) is 0 Å². The molecule has 0 saturated carbocycles. The summed E-state index contributed by atoms with van der Waals surface area (Å²) < 4.78 is 0. The van der Waals surface area contributed by atoms with Gasteiger partial charge < -0.3 is 10.2 Å². The molecule has 1 rings (SSSR count). The van der Waals surface area contributed by atoms with Crippen LogP contribution in [0.15, 0.2) is 24.3 Å². The maximum atomic E-state index is 9.35. The average Bonchev–Trinajstić information content (AvgIpc) is 2.26. The zero-order chi connectivity index (χ0) is 10.4. The molecule has 0 aliphatic carbocycles. The van der Waals surface area contributed by atoms with Gasteiger partial charge in [-0.1, -0.05) is 37.6 Å². The van der Waals surface area contributed by atoms with E-state index < -0.39 is 6.10 Å². The second-order valence-corrected chi connectivity index (χ2v) is 3.54. The zero-order valence-electron chi connectivity index (χ0n) is 8.61. The van der Waals surface area contributed by atoms with Crippen LogP contribution in [0, 0.1) is 0 Å². The number of rotatable bonds is 5. The Morgan fingerprint density at radius 1 is 1.21 bits per heavy atom. The number of aryl methyl sites for hydroxylation is 1. The van der Waals surface area contributed by atoms with Gasteiger partial charge in [0, 0.05) is 0 Å². The Morgan fingerprint density at radius 3 is 2.36 bits per heavy atom. The Kier molecular flexibility index (Phi) is 4.63. The number of benzene rings is 1. The smallest absolute Gasteiger partial charge is 0.102 e. The molecule has 0 saturated heterocycles. The van der Waals surface area contributed by atoms with Crippen molar-refractivity contribution in [2.24, 2.45) is 0 Å². The summed E-state index contributed by atoms with van der Waals surface area (Å²) in [5.74, 6) is 0. The quantitative estimate of drug-likeness (QED) is 0.753. The first kappa shape index (κ1) is 11.2. The molecule has 2 nitrogen and oxygen atoms in total. The van der Waals surface area contributed by atoms with Gasteiger partial charge in [-0.3, -0.25) is 0 Å². The SMILES string of the molecule is CCCCc1ccc(C(O)CO)cc1. The lowest BCUT2D eigenvalue weighted by molar-refractivity contribution is 0.0956. The molecule has 0 aromatic heterocycles. The largest absolute Gasteiger partial charge is 0.393 e. The first-order valence-corrected chi connectivity index (χ1v) is 5.15. The second-order valence-electron chi connectivity index (χ2n) is 3.54. The highest BCUT2D eigenvalue weighted by Crippen LogP contribution is 2.14. The van der Waals surface area contributed by atoms with Crippen molar-refractivity contribution >= 4 is 0 Å². The topological polar surface area (TPSA) is 40.5 Å². The van der Waals surface area contributed by atoms with Crippen LogP contribution in [0.1, 0.15) is 37.0 Å². The maximum absolute atomic E-state index is 9.35. The highest BCUT2D eigenvalue weighted by molar-refractivity contribution is 5.24. The zero-order valence-corrected chi connectivity index (χ0v) is 8.61. The van der Waals surface area contributed by atoms with E-state index in [0.29, 0.717) is 0 Å². The number of hydrogen-bond donors (Lipinski definition) is 2. The van der Waals surface area contributed by atoms with Crippen molar-refractivity contribution in [2.75, 3.05) is 6.61 Å². The molecule has 0 aliphatic rings. The molecule has 0 amide bonds. The van der Waals surface area contributed by atoms with Crippen LogP contribution in [0.4, 0.5) is 0 Å². The molecule has 2 N–H and O–H groups in total. The van der Waals surface area contributed by atoms with Gasteiger partial charge >= 0.3 is 0 Å². The molecule has 0 radical (unpaired) electrons. The fourth-order valence-electron chi connectivity index (χ4n) is 1.39. The number of hydrogen-bond acceptors (Lipinski definition) is 2. The fourth-order valence-corrected chi connectivity index (χ4v) is 1.39. The van der Waals surface area contributed by atoms with Crippen LogP contribution >= 0.6 is 0 Å². The molecule has 1 aromatic carbocycles. The third-order valence-corrected chi connectivity index (χ3v) is 2.36. The molecule has 0 bridgehead atoms. The predicted molar refractivity (Wildman–Crippen MR) is 57.1 cm³/mol. The summed E-state index contributed by atoms with van der Waals surface area (Å²) in [4.78, 5) is 0. The van der Waals surface area contributed by atoms with Crippen LogP contribution in [0.3, 0.4) is 0 Å². The minimum absolute atomic E-state index is 0.214. The fraction of sp³-hybridized carbons (Fsp3) is 0.500. The predicted octanol–water partition coefficient (Wildman–Crippen LogP) is 2.05. The van der Waals surface area contributed by atoms with Gasteiger partial charge in [0.1, 0.15) is 6.10 Å². The summed E-state index contributed by atoms with van der Waals surface area (Å²) in [5, 5.41) is 18.1. The van der Waals surface area contributed by atoms with Gasteiger partial charge in [-0.2, -0.15) is 0 Å². The first-order valence-electron chi connectivity index (χ1n) is 5.15.